The smallest absolute Gasteiger partial charge is 0.269 e. The number of rotatable bonds is 3. The number of amides is 1. The van der Waals surface area contributed by atoms with Crippen LogP contribution < -0.4 is 0 Å². The first kappa shape index (κ1) is 17.7. The molecule has 1 amide bonds. The van der Waals surface area contributed by atoms with Gasteiger partial charge in [-0.15, -0.1) is 10.2 Å². The van der Waals surface area contributed by atoms with Crippen LogP contribution >= 0.6 is 39.1 Å². The van der Waals surface area contributed by atoms with Crippen molar-refractivity contribution in [2.45, 2.75) is 6.42 Å². The Bertz CT molecular complexity index is 1020. The van der Waals surface area contributed by atoms with Gasteiger partial charge in [-0.3, -0.25) is 4.79 Å². The Hall–Kier alpha value is -2.09. The van der Waals surface area contributed by atoms with Crippen molar-refractivity contribution in [1.29, 1.82) is 0 Å². The van der Waals surface area contributed by atoms with Gasteiger partial charge in [0.05, 0.1) is 31.8 Å². The van der Waals surface area contributed by atoms with Gasteiger partial charge in [-0.1, -0.05) is 29.3 Å². The van der Waals surface area contributed by atoms with Crippen molar-refractivity contribution in [1.82, 2.24) is 4.98 Å². The van der Waals surface area contributed by atoms with Crippen LogP contribution in [0.15, 0.2) is 45.0 Å². The van der Waals surface area contributed by atoms with E-state index in [1.54, 1.807) is 24.3 Å². The Balaban J connectivity index is 1.88. The molecule has 128 valence electrons. The zero-order chi connectivity index (χ0) is 18.1. The van der Waals surface area contributed by atoms with Crippen molar-refractivity contribution in [3.05, 3.63) is 50.4 Å². The Labute approximate surface area is 160 Å². The normalized spacial score (nSPS) is 11.5. The lowest BCUT2D eigenvalue weighted by molar-refractivity contribution is -0.117. The third-order valence-corrected chi connectivity index (χ3v) is 4.70. The highest BCUT2D eigenvalue weighted by Crippen LogP contribution is 2.42. The fourth-order valence-electron chi connectivity index (χ4n) is 2.28. The molecule has 3 aromatic rings. The average molecular weight is 443 g/mol. The minimum absolute atomic E-state index is 0.0139. The molecule has 3 rings (SSSR count). The first-order chi connectivity index (χ1) is 11.9. The molecule has 1 aromatic heterocycles. The van der Waals surface area contributed by atoms with Crippen LogP contribution in [0.4, 0.5) is 5.69 Å². The van der Waals surface area contributed by atoms with Gasteiger partial charge in [0.2, 0.25) is 5.88 Å². The van der Waals surface area contributed by atoms with Crippen LogP contribution in [0, 0.1) is 0 Å². The van der Waals surface area contributed by atoms with Crippen molar-refractivity contribution in [2.75, 3.05) is 0 Å². The number of phenolic OH excluding ortho intramolecular Hbond substituents is 1. The number of phenols is 1. The van der Waals surface area contributed by atoms with E-state index in [0.29, 0.717) is 31.0 Å². The van der Waals surface area contributed by atoms with Crippen LogP contribution in [0.3, 0.4) is 0 Å². The lowest BCUT2D eigenvalue weighted by atomic mass is 10.1. The Morgan fingerprint density at radius 3 is 2.60 bits per heavy atom. The molecule has 1 heterocycles. The zero-order valence-corrected chi connectivity index (χ0v) is 15.5. The number of hydrogen-bond acceptors (Lipinski definition) is 4. The molecular weight excluding hydrogens is 433 g/mol. The van der Waals surface area contributed by atoms with Gasteiger partial charge in [0.1, 0.15) is 5.75 Å². The number of benzene rings is 2. The number of H-pyrrole nitrogens is 1. The number of carbonyl (C=O) groups excluding carboxylic acids is 1. The molecule has 0 atom stereocenters. The summed E-state index contributed by atoms with van der Waals surface area (Å²) in [6.07, 6.45) is -0.0139. The van der Waals surface area contributed by atoms with E-state index in [-0.39, 0.29) is 23.7 Å². The van der Waals surface area contributed by atoms with Gasteiger partial charge in [0, 0.05) is 0 Å². The Morgan fingerprint density at radius 2 is 1.88 bits per heavy atom. The standard InChI is InChI=1S/C16H10BrCl2N3O3/c17-8-5-7(1-4-11(8)23)6-12(24)21-22-15-13-9(18)2-3-10(19)14(13)20-16(15)25/h1-5,20,23,25H,6H2. The summed E-state index contributed by atoms with van der Waals surface area (Å²) in [5, 5.41) is 27.9. The van der Waals surface area contributed by atoms with Gasteiger partial charge >= 0.3 is 0 Å². The zero-order valence-electron chi connectivity index (χ0n) is 12.4. The van der Waals surface area contributed by atoms with Crippen LogP contribution in [-0.4, -0.2) is 21.1 Å². The number of hydrogen-bond donors (Lipinski definition) is 3. The second-order valence-electron chi connectivity index (χ2n) is 5.16. The predicted octanol–water partition coefficient (Wildman–Crippen LogP) is 5.50. The number of nitrogens with one attached hydrogen (secondary N) is 1. The second kappa shape index (κ2) is 7.03. The highest BCUT2D eigenvalue weighted by Gasteiger charge is 2.16. The maximum atomic E-state index is 12.0. The van der Waals surface area contributed by atoms with Gasteiger partial charge in [-0.2, -0.15) is 0 Å². The number of fused-ring (bicyclic) bond motifs is 1. The molecule has 3 N–H and O–H groups in total. The molecule has 0 fully saturated rings. The molecule has 6 nitrogen and oxygen atoms in total. The van der Waals surface area contributed by atoms with Gasteiger partial charge in [0.25, 0.3) is 5.91 Å². The number of halogens is 3. The molecule has 0 aliphatic heterocycles. The molecule has 9 heteroatoms. The Morgan fingerprint density at radius 1 is 1.16 bits per heavy atom. The number of aromatic nitrogens is 1. The van der Waals surface area contributed by atoms with Gasteiger partial charge in [0.15, 0.2) is 5.69 Å². The van der Waals surface area contributed by atoms with E-state index in [0.717, 1.165) is 0 Å². The van der Waals surface area contributed by atoms with Crippen LogP contribution in [0.2, 0.25) is 10.0 Å². The quantitative estimate of drug-likeness (QED) is 0.467. The molecule has 0 bridgehead atoms. The third kappa shape index (κ3) is 3.63. The van der Waals surface area contributed by atoms with Gasteiger partial charge < -0.3 is 15.2 Å². The fraction of sp³-hybridized carbons (Fsp3) is 0.0625. The van der Waals surface area contributed by atoms with E-state index in [2.05, 4.69) is 31.1 Å². The van der Waals surface area contributed by atoms with Crippen LogP contribution in [0.5, 0.6) is 11.6 Å². The number of aromatic amines is 1. The van der Waals surface area contributed by atoms with Gasteiger partial charge in [-0.05, 0) is 45.8 Å². The molecule has 25 heavy (non-hydrogen) atoms. The van der Waals surface area contributed by atoms with E-state index in [1.807, 2.05) is 0 Å². The number of aromatic hydroxyl groups is 2. The molecule has 0 unspecified atom stereocenters. The molecular formula is C16H10BrCl2N3O3. The molecule has 0 aliphatic rings. The van der Waals surface area contributed by atoms with E-state index in [9.17, 15) is 15.0 Å². The average Bonchev–Trinajstić information content (AvgIpc) is 2.90. The van der Waals surface area contributed by atoms with Crippen molar-refractivity contribution in [2.24, 2.45) is 10.2 Å². The van der Waals surface area contributed by atoms with E-state index < -0.39 is 5.91 Å². The number of carbonyl (C=O) groups is 1. The van der Waals surface area contributed by atoms with E-state index >= 15 is 0 Å². The molecule has 0 aliphatic carbocycles. The maximum Gasteiger partial charge on any atom is 0.269 e. The third-order valence-electron chi connectivity index (χ3n) is 3.44. The first-order valence-electron chi connectivity index (χ1n) is 6.97. The molecule has 2 aromatic carbocycles. The molecule has 0 spiro atoms. The summed E-state index contributed by atoms with van der Waals surface area (Å²) < 4.78 is 0.477. The van der Waals surface area contributed by atoms with Gasteiger partial charge in [-0.25, -0.2) is 0 Å². The predicted molar refractivity (Wildman–Crippen MR) is 99.0 cm³/mol. The summed E-state index contributed by atoms with van der Waals surface area (Å²) in [6.45, 7) is 0. The van der Waals surface area contributed by atoms with Crippen molar-refractivity contribution >= 4 is 61.6 Å². The van der Waals surface area contributed by atoms with Crippen molar-refractivity contribution in [3.8, 4) is 11.6 Å². The van der Waals surface area contributed by atoms with Crippen molar-refractivity contribution in [3.63, 3.8) is 0 Å². The molecule has 0 saturated heterocycles. The summed E-state index contributed by atoms with van der Waals surface area (Å²) in [4.78, 5) is 14.7. The minimum atomic E-state index is -0.524. The SMILES string of the molecule is O=C(Cc1ccc(O)c(Br)c1)N=Nc1c(O)[nH]c2c(Cl)ccc(Cl)c12. The fourth-order valence-corrected chi connectivity index (χ4v) is 3.15. The summed E-state index contributed by atoms with van der Waals surface area (Å²) >= 11 is 15.3. The summed E-state index contributed by atoms with van der Waals surface area (Å²) in [5.41, 5.74) is 1.11. The topological polar surface area (TPSA) is 98.0 Å². The number of nitrogens with zero attached hydrogens (tertiary/aromatic N) is 2. The minimum Gasteiger partial charge on any atom is -0.507 e. The largest absolute Gasteiger partial charge is 0.507 e. The Kier molecular flexibility index (Phi) is 4.99. The lowest BCUT2D eigenvalue weighted by Crippen LogP contribution is -1.97. The molecule has 0 saturated carbocycles. The maximum absolute atomic E-state index is 12.0. The molecule has 0 radical (unpaired) electrons. The van der Waals surface area contributed by atoms with E-state index in [1.165, 1.54) is 6.07 Å². The summed E-state index contributed by atoms with van der Waals surface area (Å²) in [6, 6.07) is 7.83. The lowest BCUT2D eigenvalue weighted by Gasteiger charge is -2.00. The van der Waals surface area contributed by atoms with Crippen molar-refractivity contribution < 1.29 is 15.0 Å². The van der Waals surface area contributed by atoms with Crippen LogP contribution in [-0.2, 0) is 11.2 Å². The summed E-state index contributed by atoms with van der Waals surface area (Å²) in [5.74, 6) is -0.730. The van der Waals surface area contributed by atoms with Crippen LogP contribution in [0.25, 0.3) is 10.9 Å². The first-order valence-corrected chi connectivity index (χ1v) is 8.52. The van der Waals surface area contributed by atoms with E-state index in [4.69, 9.17) is 23.2 Å². The number of azo groups is 1. The highest BCUT2D eigenvalue weighted by atomic mass is 79.9. The van der Waals surface area contributed by atoms with Crippen LogP contribution in [0.1, 0.15) is 5.56 Å². The highest BCUT2D eigenvalue weighted by molar-refractivity contribution is 9.10. The monoisotopic (exact) mass is 441 g/mol. The summed E-state index contributed by atoms with van der Waals surface area (Å²) in [7, 11) is 0. The second-order valence-corrected chi connectivity index (χ2v) is 6.83.